The van der Waals surface area contributed by atoms with E-state index < -0.39 is 0 Å². The second kappa shape index (κ2) is 5.54. The summed E-state index contributed by atoms with van der Waals surface area (Å²) in [4.78, 5) is 19.8. The fourth-order valence-corrected chi connectivity index (χ4v) is 2.93. The van der Waals surface area contributed by atoms with Crippen molar-refractivity contribution in [2.75, 3.05) is 6.54 Å². The summed E-state index contributed by atoms with van der Waals surface area (Å²) in [6.07, 6.45) is 0.747. The monoisotopic (exact) mass is 305 g/mol. The number of rotatable bonds is 2. The Morgan fingerprint density at radius 3 is 3.00 bits per heavy atom. The number of aromatic amines is 2. The average Bonchev–Trinajstić information content (AvgIpc) is 2.44. The van der Waals surface area contributed by atoms with Crippen molar-refractivity contribution >= 4 is 12.2 Å². The first-order chi connectivity index (χ1) is 10.0. The molecule has 110 valence electrons. The van der Waals surface area contributed by atoms with E-state index in [-0.39, 0.29) is 11.4 Å². The summed E-state index contributed by atoms with van der Waals surface area (Å²) in [5.74, 6) is -0.188. The van der Waals surface area contributed by atoms with E-state index in [1.54, 1.807) is 13.0 Å². The van der Waals surface area contributed by atoms with Crippen LogP contribution in [0.25, 0.3) is 0 Å². The minimum Gasteiger partial charge on any atom is -0.335 e. The highest BCUT2D eigenvalue weighted by Crippen LogP contribution is 2.19. The molecule has 0 amide bonds. The molecule has 21 heavy (non-hydrogen) atoms. The maximum Gasteiger partial charge on any atom is 0.256 e. The Kier molecular flexibility index (Phi) is 3.73. The maximum atomic E-state index is 13.6. The molecule has 2 N–H and O–H groups in total. The number of halogens is 1. The van der Waals surface area contributed by atoms with Crippen molar-refractivity contribution < 1.29 is 4.39 Å². The second-order valence-electron chi connectivity index (χ2n) is 5.35. The first kappa shape index (κ1) is 14.2. The first-order valence-corrected chi connectivity index (χ1v) is 7.26. The number of benzene rings is 1. The third-order valence-corrected chi connectivity index (χ3v) is 4.17. The van der Waals surface area contributed by atoms with E-state index in [9.17, 15) is 9.18 Å². The van der Waals surface area contributed by atoms with Gasteiger partial charge in [-0.2, -0.15) is 0 Å². The van der Waals surface area contributed by atoms with Gasteiger partial charge in [0, 0.05) is 31.7 Å². The van der Waals surface area contributed by atoms with Crippen LogP contribution in [0.2, 0.25) is 0 Å². The molecular weight excluding hydrogens is 289 g/mol. The van der Waals surface area contributed by atoms with E-state index in [0.717, 1.165) is 29.8 Å². The summed E-state index contributed by atoms with van der Waals surface area (Å²) < 4.78 is 14.0. The molecule has 0 spiro atoms. The van der Waals surface area contributed by atoms with Gasteiger partial charge in [-0.1, -0.05) is 12.1 Å². The molecule has 0 radical (unpaired) electrons. The lowest BCUT2D eigenvalue weighted by molar-refractivity contribution is 0.241. The Balaban J connectivity index is 1.85. The zero-order valence-electron chi connectivity index (χ0n) is 11.7. The molecule has 1 aliphatic rings. The Bertz CT molecular complexity index is 796. The molecule has 2 heterocycles. The van der Waals surface area contributed by atoms with Gasteiger partial charge in [-0.15, -0.1) is 0 Å². The molecule has 0 saturated heterocycles. The third kappa shape index (κ3) is 2.82. The van der Waals surface area contributed by atoms with E-state index in [1.165, 1.54) is 6.07 Å². The van der Waals surface area contributed by atoms with Gasteiger partial charge in [0.15, 0.2) is 4.77 Å². The van der Waals surface area contributed by atoms with Crippen molar-refractivity contribution in [3.63, 3.8) is 0 Å². The van der Waals surface area contributed by atoms with Crippen LogP contribution in [-0.2, 0) is 19.5 Å². The SMILES string of the molecule is Cc1c(F)cccc1CN1CCc2[nH]c(=S)[nH]c(=O)c2C1. The summed E-state index contributed by atoms with van der Waals surface area (Å²) in [6, 6.07) is 5.12. The highest BCUT2D eigenvalue weighted by Gasteiger charge is 2.20. The smallest absolute Gasteiger partial charge is 0.256 e. The molecule has 2 aromatic rings. The molecule has 6 heteroatoms. The van der Waals surface area contributed by atoms with Crippen LogP contribution in [0.1, 0.15) is 22.4 Å². The van der Waals surface area contributed by atoms with Gasteiger partial charge in [-0.3, -0.25) is 14.7 Å². The van der Waals surface area contributed by atoms with Gasteiger partial charge in [0.05, 0.1) is 5.56 Å². The van der Waals surface area contributed by atoms with Crippen molar-refractivity contribution in [3.05, 3.63) is 61.5 Å². The van der Waals surface area contributed by atoms with E-state index >= 15 is 0 Å². The molecule has 0 saturated carbocycles. The van der Waals surface area contributed by atoms with Gasteiger partial charge >= 0.3 is 0 Å². The predicted molar refractivity (Wildman–Crippen MR) is 81.2 cm³/mol. The predicted octanol–water partition coefficient (Wildman–Crippen LogP) is 2.44. The van der Waals surface area contributed by atoms with Crippen LogP contribution in [0.15, 0.2) is 23.0 Å². The van der Waals surface area contributed by atoms with E-state index in [1.807, 2.05) is 6.07 Å². The number of fused-ring (bicyclic) bond motifs is 1. The Hall–Kier alpha value is -1.79. The van der Waals surface area contributed by atoms with E-state index in [2.05, 4.69) is 14.9 Å². The van der Waals surface area contributed by atoms with Crippen LogP contribution in [0.4, 0.5) is 4.39 Å². The highest BCUT2D eigenvalue weighted by atomic mass is 32.1. The number of hydrogen-bond acceptors (Lipinski definition) is 3. The lowest BCUT2D eigenvalue weighted by atomic mass is 10.0. The molecule has 0 atom stereocenters. The van der Waals surface area contributed by atoms with Gasteiger partial charge in [-0.05, 0) is 36.3 Å². The number of aromatic nitrogens is 2. The van der Waals surface area contributed by atoms with Crippen molar-refractivity contribution in [2.45, 2.75) is 26.4 Å². The van der Waals surface area contributed by atoms with Gasteiger partial charge in [0.1, 0.15) is 5.82 Å². The third-order valence-electron chi connectivity index (χ3n) is 3.96. The largest absolute Gasteiger partial charge is 0.335 e. The maximum absolute atomic E-state index is 13.6. The van der Waals surface area contributed by atoms with E-state index in [4.69, 9.17) is 12.2 Å². The fourth-order valence-electron chi connectivity index (χ4n) is 2.71. The summed E-state index contributed by atoms with van der Waals surface area (Å²) in [5, 5.41) is 0. The molecule has 1 aliphatic heterocycles. The zero-order valence-corrected chi connectivity index (χ0v) is 12.5. The van der Waals surface area contributed by atoms with Crippen LogP contribution >= 0.6 is 12.2 Å². The van der Waals surface area contributed by atoms with Crippen molar-refractivity contribution in [3.8, 4) is 0 Å². The minimum atomic E-state index is -0.188. The molecule has 0 fully saturated rings. The molecule has 0 bridgehead atoms. The first-order valence-electron chi connectivity index (χ1n) is 6.85. The quantitative estimate of drug-likeness (QED) is 0.838. The van der Waals surface area contributed by atoms with Gasteiger partial charge < -0.3 is 4.98 Å². The van der Waals surface area contributed by atoms with Gasteiger partial charge in [0.25, 0.3) is 5.56 Å². The Morgan fingerprint density at radius 1 is 1.38 bits per heavy atom. The normalized spacial score (nSPS) is 15.0. The van der Waals surface area contributed by atoms with Crippen molar-refractivity contribution in [1.82, 2.24) is 14.9 Å². The molecule has 3 rings (SSSR count). The summed E-state index contributed by atoms with van der Waals surface area (Å²) in [5.41, 5.74) is 3.14. The number of nitrogens with one attached hydrogen (secondary N) is 2. The Labute approximate surface area is 126 Å². The van der Waals surface area contributed by atoms with Crippen LogP contribution in [0.3, 0.4) is 0 Å². The van der Waals surface area contributed by atoms with Crippen LogP contribution < -0.4 is 5.56 Å². The van der Waals surface area contributed by atoms with Gasteiger partial charge in [-0.25, -0.2) is 4.39 Å². The van der Waals surface area contributed by atoms with Crippen LogP contribution in [0, 0.1) is 17.5 Å². The summed E-state index contributed by atoms with van der Waals surface area (Å²) >= 11 is 4.98. The molecule has 0 unspecified atom stereocenters. The highest BCUT2D eigenvalue weighted by molar-refractivity contribution is 7.71. The number of hydrogen-bond donors (Lipinski definition) is 2. The van der Waals surface area contributed by atoms with E-state index in [0.29, 0.717) is 23.4 Å². The topological polar surface area (TPSA) is 51.9 Å². The fraction of sp³-hybridized carbons (Fsp3) is 0.333. The molecule has 4 nitrogen and oxygen atoms in total. The number of H-pyrrole nitrogens is 2. The van der Waals surface area contributed by atoms with Gasteiger partial charge in [0.2, 0.25) is 0 Å². The molecule has 0 aliphatic carbocycles. The molecule has 1 aromatic heterocycles. The summed E-state index contributed by atoms with van der Waals surface area (Å²) in [7, 11) is 0. The lowest BCUT2D eigenvalue weighted by Crippen LogP contribution is -2.35. The Morgan fingerprint density at radius 2 is 2.19 bits per heavy atom. The molecular formula is C15H16FN3OS. The average molecular weight is 305 g/mol. The lowest BCUT2D eigenvalue weighted by Gasteiger charge is -2.28. The van der Waals surface area contributed by atoms with Crippen molar-refractivity contribution in [1.29, 1.82) is 0 Å². The standard InChI is InChI=1S/C15H16FN3OS/c1-9-10(3-2-4-12(9)16)7-19-6-5-13-11(8-19)14(20)18-15(21)17-13/h2-4H,5-8H2,1H3,(H2,17,18,20,21). The van der Waals surface area contributed by atoms with Crippen LogP contribution in [-0.4, -0.2) is 21.4 Å². The van der Waals surface area contributed by atoms with Crippen LogP contribution in [0.5, 0.6) is 0 Å². The minimum absolute atomic E-state index is 0.130. The number of nitrogens with zero attached hydrogens (tertiary/aromatic N) is 1. The van der Waals surface area contributed by atoms with Crippen molar-refractivity contribution in [2.24, 2.45) is 0 Å². The summed E-state index contributed by atoms with van der Waals surface area (Å²) in [6.45, 7) is 3.79. The molecule has 1 aromatic carbocycles. The zero-order chi connectivity index (χ0) is 15.0. The second-order valence-corrected chi connectivity index (χ2v) is 5.76.